The van der Waals surface area contributed by atoms with Gasteiger partial charge in [0.25, 0.3) is 11.6 Å². The Bertz CT molecular complexity index is 1450. The first kappa shape index (κ1) is 25.2. The molecule has 0 unspecified atom stereocenters. The molecule has 0 fully saturated rings. The summed E-state index contributed by atoms with van der Waals surface area (Å²) in [5.41, 5.74) is 2.02. The Morgan fingerprint density at radius 3 is 2.24 bits per heavy atom. The number of nitrogens with zero attached hydrogens (tertiary/aromatic N) is 6. The van der Waals surface area contributed by atoms with Gasteiger partial charge in [-0.15, -0.1) is 0 Å². The van der Waals surface area contributed by atoms with Gasteiger partial charge in [-0.25, -0.2) is 4.99 Å². The maximum absolute atomic E-state index is 13.6. The van der Waals surface area contributed by atoms with Crippen LogP contribution in [-0.4, -0.2) is 40.3 Å². The lowest BCUT2D eigenvalue weighted by Gasteiger charge is -2.21. The highest BCUT2D eigenvalue weighted by Gasteiger charge is 2.37. The Kier molecular flexibility index (Phi) is 7.05. The summed E-state index contributed by atoms with van der Waals surface area (Å²) in [6.45, 7) is 7.72. The molecule has 1 aliphatic heterocycles. The summed E-state index contributed by atoms with van der Waals surface area (Å²) in [5.74, 6) is -0.678. The van der Waals surface area contributed by atoms with Crippen LogP contribution in [0.15, 0.2) is 76.8 Å². The maximum Gasteiger partial charge on any atom is 0.301 e. The largest absolute Gasteiger partial charge is 0.372 e. The molecular weight excluding hydrogens is 476 g/mol. The molecule has 0 atom stereocenters. The van der Waals surface area contributed by atoms with E-state index in [4.69, 9.17) is 0 Å². The smallest absolute Gasteiger partial charge is 0.301 e. The summed E-state index contributed by atoms with van der Waals surface area (Å²) in [4.78, 5) is 41.8. The molecule has 0 aliphatic carbocycles. The van der Waals surface area contributed by atoms with Crippen LogP contribution in [0, 0.1) is 27.2 Å². The van der Waals surface area contributed by atoms with Crippen molar-refractivity contribution in [3.8, 4) is 0 Å². The number of nitro benzene ring substituents is 2. The van der Waals surface area contributed by atoms with Crippen molar-refractivity contribution in [2.24, 2.45) is 10.1 Å². The Hall–Kier alpha value is -4.93. The molecule has 11 heteroatoms. The zero-order valence-corrected chi connectivity index (χ0v) is 20.5. The Morgan fingerprint density at radius 1 is 0.946 bits per heavy atom. The lowest BCUT2D eigenvalue weighted by Crippen LogP contribution is -2.28. The number of hydrogen-bond donors (Lipinski definition) is 0. The van der Waals surface area contributed by atoms with Crippen molar-refractivity contribution in [1.29, 1.82) is 0 Å². The minimum Gasteiger partial charge on any atom is -0.372 e. The fraction of sp³-hybridized carbons (Fsp3) is 0.192. The summed E-state index contributed by atoms with van der Waals surface area (Å²) in [5, 5.41) is 28.2. The van der Waals surface area contributed by atoms with Crippen LogP contribution < -0.4 is 9.91 Å². The number of nitro groups is 2. The third kappa shape index (κ3) is 4.92. The molecule has 37 heavy (non-hydrogen) atoms. The normalized spacial score (nSPS) is 14.1. The number of rotatable bonds is 8. The van der Waals surface area contributed by atoms with Gasteiger partial charge in [0.2, 0.25) is 0 Å². The highest BCUT2D eigenvalue weighted by Crippen LogP contribution is 2.35. The molecular formula is C26H24N6O5. The van der Waals surface area contributed by atoms with E-state index in [1.54, 1.807) is 24.3 Å². The summed E-state index contributed by atoms with van der Waals surface area (Å²) < 4.78 is 0. The number of anilines is 2. The standard InChI is InChI=1S/C26H24N6O5/c1-4-29(5-2)19-11-13-21(17(3)15-19)27-25-24(18-9-7-6-8-10-18)28-30(26(25)33)22-14-12-20(31(34)35)16-23(22)32(36)37/h6-16H,4-5H2,1-3H3. The molecule has 1 amide bonds. The second-order valence-corrected chi connectivity index (χ2v) is 8.22. The van der Waals surface area contributed by atoms with Crippen LogP contribution in [0.3, 0.4) is 0 Å². The molecule has 0 saturated carbocycles. The average Bonchev–Trinajstić information content (AvgIpc) is 3.22. The predicted octanol–water partition coefficient (Wildman–Crippen LogP) is 5.18. The number of benzene rings is 3. The highest BCUT2D eigenvalue weighted by molar-refractivity contribution is 6.74. The van der Waals surface area contributed by atoms with Crippen molar-refractivity contribution in [3.05, 3.63) is 98.1 Å². The van der Waals surface area contributed by atoms with Crippen LogP contribution in [0.4, 0.5) is 28.4 Å². The molecule has 0 bridgehead atoms. The van der Waals surface area contributed by atoms with Crippen molar-refractivity contribution in [1.82, 2.24) is 0 Å². The average molecular weight is 501 g/mol. The number of carbonyl (C=O) groups is 1. The van der Waals surface area contributed by atoms with E-state index < -0.39 is 27.1 Å². The molecule has 4 rings (SSSR count). The topological polar surface area (TPSA) is 135 Å². The lowest BCUT2D eigenvalue weighted by molar-refractivity contribution is -0.393. The van der Waals surface area contributed by atoms with E-state index in [1.807, 2.05) is 31.2 Å². The van der Waals surface area contributed by atoms with Crippen molar-refractivity contribution >= 4 is 45.8 Å². The molecule has 0 radical (unpaired) electrons. The third-order valence-electron chi connectivity index (χ3n) is 6.00. The van der Waals surface area contributed by atoms with Crippen LogP contribution in [0.25, 0.3) is 0 Å². The zero-order chi connectivity index (χ0) is 26.7. The molecule has 11 nitrogen and oxygen atoms in total. The van der Waals surface area contributed by atoms with Gasteiger partial charge in [0, 0.05) is 30.4 Å². The minimum atomic E-state index is -0.779. The zero-order valence-electron chi connectivity index (χ0n) is 20.5. The van der Waals surface area contributed by atoms with Crippen LogP contribution in [0.2, 0.25) is 0 Å². The second-order valence-electron chi connectivity index (χ2n) is 8.22. The fourth-order valence-corrected chi connectivity index (χ4v) is 4.07. The van der Waals surface area contributed by atoms with Gasteiger partial charge in [-0.1, -0.05) is 30.3 Å². The molecule has 1 aliphatic rings. The van der Waals surface area contributed by atoms with Gasteiger partial charge in [-0.05, 0) is 50.6 Å². The lowest BCUT2D eigenvalue weighted by atomic mass is 10.1. The van der Waals surface area contributed by atoms with Crippen molar-refractivity contribution in [2.45, 2.75) is 20.8 Å². The van der Waals surface area contributed by atoms with Crippen molar-refractivity contribution in [2.75, 3.05) is 23.0 Å². The molecule has 1 heterocycles. The van der Waals surface area contributed by atoms with Crippen molar-refractivity contribution < 1.29 is 14.6 Å². The predicted molar refractivity (Wildman–Crippen MR) is 142 cm³/mol. The van der Waals surface area contributed by atoms with Gasteiger partial charge in [-0.3, -0.25) is 25.0 Å². The van der Waals surface area contributed by atoms with Gasteiger partial charge in [-0.2, -0.15) is 10.1 Å². The quantitative estimate of drug-likeness (QED) is 0.309. The van der Waals surface area contributed by atoms with Gasteiger partial charge >= 0.3 is 5.69 Å². The van der Waals surface area contributed by atoms with E-state index in [0.29, 0.717) is 11.3 Å². The highest BCUT2D eigenvalue weighted by atomic mass is 16.6. The number of aliphatic imine (C=N–C) groups is 1. The van der Waals surface area contributed by atoms with Gasteiger partial charge in [0.1, 0.15) is 11.4 Å². The SMILES string of the molecule is CCN(CC)c1ccc(N=C2C(=O)N(c3ccc([N+](=O)[O-])cc3[N+](=O)[O-])N=C2c2ccccc2)c(C)c1. The van der Waals surface area contributed by atoms with Gasteiger partial charge in [0.15, 0.2) is 5.71 Å². The number of aryl methyl sites for hydroxylation is 1. The number of non-ortho nitro benzene ring substituents is 1. The van der Waals surface area contributed by atoms with E-state index in [9.17, 15) is 25.0 Å². The molecule has 3 aromatic rings. The van der Waals surface area contributed by atoms with E-state index in [-0.39, 0.29) is 17.1 Å². The summed E-state index contributed by atoms with van der Waals surface area (Å²) >= 11 is 0. The molecule has 188 valence electrons. The van der Waals surface area contributed by atoms with Gasteiger partial charge < -0.3 is 4.90 Å². The molecule has 0 N–H and O–H groups in total. The summed E-state index contributed by atoms with van der Waals surface area (Å²) in [6, 6.07) is 17.7. The monoisotopic (exact) mass is 500 g/mol. The summed E-state index contributed by atoms with van der Waals surface area (Å²) in [6.07, 6.45) is 0. The van der Waals surface area contributed by atoms with Crippen LogP contribution in [0.1, 0.15) is 25.0 Å². The van der Waals surface area contributed by atoms with Crippen LogP contribution >= 0.6 is 0 Å². The fourth-order valence-electron chi connectivity index (χ4n) is 4.07. The maximum atomic E-state index is 13.6. The van der Waals surface area contributed by atoms with E-state index >= 15 is 0 Å². The van der Waals surface area contributed by atoms with E-state index in [0.717, 1.165) is 47.5 Å². The number of amides is 1. The molecule has 0 saturated heterocycles. The molecule has 3 aromatic carbocycles. The van der Waals surface area contributed by atoms with Gasteiger partial charge in [0.05, 0.1) is 21.6 Å². The van der Waals surface area contributed by atoms with E-state index in [2.05, 4.69) is 28.8 Å². The Labute approximate surface area is 212 Å². The Morgan fingerprint density at radius 2 is 1.65 bits per heavy atom. The first-order valence-electron chi connectivity index (χ1n) is 11.6. The molecule has 0 aromatic heterocycles. The third-order valence-corrected chi connectivity index (χ3v) is 6.00. The van der Waals surface area contributed by atoms with Crippen molar-refractivity contribution in [3.63, 3.8) is 0 Å². The minimum absolute atomic E-state index is 0.0116. The first-order valence-corrected chi connectivity index (χ1v) is 11.6. The number of hydrazone groups is 1. The second kappa shape index (κ2) is 10.4. The van der Waals surface area contributed by atoms with E-state index in [1.165, 1.54) is 0 Å². The number of carbonyl (C=O) groups excluding carboxylic acids is 1. The Balaban J connectivity index is 1.84. The van der Waals surface area contributed by atoms with Crippen LogP contribution in [-0.2, 0) is 4.79 Å². The first-order chi connectivity index (χ1) is 17.7. The summed E-state index contributed by atoms with van der Waals surface area (Å²) in [7, 11) is 0. The number of hydrogen-bond acceptors (Lipinski definition) is 8. The van der Waals surface area contributed by atoms with Crippen LogP contribution in [0.5, 0.6) is 0 Å². The molecule has 0 spiro atoms.